The van der Waals surface area contributed by atoms with Crippen molar-refractivity contribution in [2.75, 3.05) is 17.2 Å². The van der Waals surface area contributed by atoms with Crippen molar-refractivity contribution in [2.45, 2.75) is 40.5 Å². The molecule has 0 saturated carbocycles. The van der Waals surface area contributed by atoms with Gasteiger partial charge in [0.1, 0.15) is 11.5 Å². The maximum absolute atomic E-state index is 11.2. The van der Waals surface area contributed by atoms with Crippen LogP contribution in [0.4, 0.5) is 11.5 Å². The van der Waals surface area contributed by atoms with E-state index in [1.165, 1.54) is 12.5 Å². The second-order valence-corrected chi connectivity index (χ2v) is 9.50. The van der Waals surface area contributed by atoms with E-state index in [1.54, 1.807) is 18.7 Å². The summed E-state index contributed by atoms with van der Waals surface area (Å²) < 4.78 is 7.84. The van der Waals surface area contributed by atoms with Crippen LogP contribution in [0.5, 0.6) is 0 Å². The zero-order valence-corrected chi connectivity index (χ0v) is 20.4. The van der Waals surface area contributed by atoms with Gasteiger partial charge in [0.2, 0.25) is 11.8 Å². The van der Waals surface area contributed by atoms with Crippen molar-refractivity contribution in [2.24, 2.45) is 30.7 Å². The molecule has 0 aliphatic heterocycles. The number of aromatic nitrogens is 5. The third-order valence-corrected chi connectivity index (χ3v) is 6.62. The average Bonchev–Trinajstić information content (AvgIpc) is 3.42. The second kappa shape index (κ2) is 10.2. The van der Waals surface area contributed by atoms with Crippen LogP contribution < -0.4 is 10.6 Å². The fourth-order valence-corrected chi connectivity index (χ4v) is 4.71. The Kier molecular flexibility index (Phi) is 7.09. The Morgan fingerprint density at radius 2 is 2.09 bits per heavy atom. The van der Waals surface area contributed by atoms with E-state index in [2.05, 4.69) is 57.6 Å². The topological polar surface area (TPSA) is 111 Å². The Morgan fingerprint density at radius 3 is 2.74 bits per heavy atom. The number of imidazole rings is 1. The molecule has 3 heterocycles. The molecule has 34 heavy (non-hydrogen) atoms. The van der Waals surface area contributed by atoms with Crippen LogP contribution in [-0.4, -0.2) is 37.2 Å². The highest BCUT2D eigenvalue weighted by Gasteiger charge is 2.32. The zero-order chi connectivity index (χ0) is 24.2. The van der Waals surface area contributed by atoms with Gasteiger partial charge in [0.25, 0.3) is 5.89 Å². The van der Waals surface area contributed by atoms with Gasteiger partial charge in [-0.3, -0.25) is 4.79 Å². The molecule has 3 atom stereocenters. The number of hydrogen-bond donors (Lipinski definition) is 2. The number of aryl methyl sites for hydroxylation is 1. The van der Waals surface area contributed by atoms with Crippen molar-refractivity contribution < 1.29 is 9.21 Å². The van der Waals surface area contributed by atoms with Crippen LogP contribution in [0, 0.1) is 23.7 Å². The number of rotatable bonds is 8. The van der Waals surface area contributed by atoms with Gasteiger partial charge in [-0.25, -0.2) is 9.97 Å². The van der Waals surface area contributed by atoms with Crippen molar-refractivity contribution in [1.29, 1.82) is 0 Å². The lowest BCUT2D eigenvalue weighted by Crippen LogP contribution is -2.32. The van der Waals surface area contributed by atoms with Gasteiger partial charge in [0, 0.05) is 26.9 Å². The number of allylic oxidation sites excluding steroid dienone is 1. The van der Waals surface area contributed by atoms with E-state index in [0.717, 1.165) is 30.8 Å². The van der Waals surface area contributed by atoms with Gasteiger partial charge in [-0.1, -0.05) is 25.5 Å². The highest BCUT2D eigenvalue weighted by atomic mass is 16.4. The number of nitrogens with one attached hydrogen (secondary N) is 2. The van der Waals surface area contributed by atoms with Gasteiger partial charge in [0.05, 0.1) is 24.4 Å². The van der Waals surface area contributed by atoms with E-state index in [0.29, 0.717) is 41.3 Å². The molecule has 180 valence electrons. The molecule has 0 spiro atoms. The molecule has 1 aliphatic rings. The van der Waals surface area contributed by atoms with Gasteiger partial charge < -0.3 is 19.6 Å². The van der Waals surface area contributed by atoms with Crippen molar-refractivity contribution in [3.8, 4) is 11.6 Å². The standard InChI is InChI=1S/C25H33N7O2/c1-15(2)21-9-18(10-24-30-31-25(34-24)22-13-26-14-32(22)5)16(3)8-19(21)11-27-20-6-7-23(28-12-20)29-17(4)33/h6-8,12-15,18-19,21,27H,9-11H2,1-5H3,(H,28,29,33)/t18-,19-,21-/m0/s1. The van der Waals surface area contributed by atoms with Crippen LogP contribution in [0.3, 0.4) is 0 Å². The minimum Gasteiger partial charge on any atom is -0.419 e. The van der Waals surface area contributed by atoms with Crippen LogP contribution >= 0.6 is 0 Å². The van der Waals surface area contributed by atoms with E-state index in [4.69, 9.17) is 4.42 Å². The summed E-state index contributed by atoms with van der Waals surface area (Å²) in [5, 5.41) is 14.7. The summed E-state index contributed by atoms with van der Waals surface area (Å²) in [4.78, 5) is 19.6. The van der Waals surface area contributed by atoms with Gasteiger partial charge in [-0.15, -0.1) is 10.2 Å². The van der Waals surface area contributed by atoms with Crippen LogP contribution in [-0.2, 0) is 18.3 Å². The maximum Gasteiger partial charge on any atom is 0.265 e. The predicted octanol–water partition coefficient (Wildman–Crippen LogP) is 4.33. The Bertz CT molecular complexity index is 1150. The van der Waals surface area contributed by atoms with Crippen molar-refractivity contribution in [3.05, 3.63) is 48.4 Å². The average molecular weight is 464 g/mol. The van der Waals surface area contributed by atoms with Gasteiger partial charge >= 0.3 is 0 Å². The highest BCUT2D eigenvalue weighted by molar-refractivity contribution is 5.87. The third-order valence-electron chi connectivity index (χ3n) is 6.62. The number of carbonyl (C=O) groups excluding carboxylic acids is 1. The monoisotopic (exact) mass is 463 g/mol. The summed E-state index contributed by atoms with van der Waals surface area (Å²) in [5.41, 5.74) is 3.13. The minimum atomic E-state index is -0.126. The summed E-state index contributed by atoms with van der Waals surface area (Å²) in [6.07, 6.45) is 9.44. The van der Waals surface area contributed by atoms with Crippen LogP contribution in [0.15, 0.2) is 46.9 Å². The normalized spacial score (nSPS) is 20.3. The first-order valence-electron chi connectivity index (χ1n) is 11.7. The first kappa shape index (κ1) is 23.7. The number of anilines is 2. The molecular weight excluding hydrogens is 430 g/mol. The Morgan fingerprint density at radius 1 is 1.26 bits per heavy atom. The van der Waals surface area contributed by atoms with E-state index in [9.17, 15) is 4.79 Å². The molecule has 0 fully saturated rings. The summed E-state index contributed by atoms with van der Waals surface area (Å²) >= 11 is 0. The molecule has 1 aliphatic carbocycles. The Hall–Kier alpha value is -3.49. The van der Waals surface area contributed by atoms with Crippen LogP contribution in [0.1, 0.15) is 40.0 Å². The van der Waals surface area contributed by atoms with Crippen LogP contribution in [0.25, 0.3) is 11.6 Å². The number of carbonyl (C=O) groups is 1. The van der Waals surface area contributed by atoms with Crippen LogP contribution in [0.2, 0.25) is 0 Å². The minimum absolute atomic E-state index is 0.126. The summed E-state index contributed by atoms with van der Waals surface area (Å²) in [7, 11) is 1.91. The van der Waals surface area contributed by atoms with Crippen molar-refractivity contribution >= 4 is 17.4 Å². The predicted molar refractivity (Wildman–Crippen MR) is 131 cm³/mol. The molecule has 0 bridgehead atoms. The number of nitrogens with zero attached hydrogens (tertiary/aromatic N) is 5. The van der Waals surface area contributed by atoms with E-state index >= 15 is 0 Å². The Balaban J connectivity index is 1.41. The summed E-state index contributed by atoms with van der Waals surface area (Å²) in [6.45, 7) is 9.10. The zero-order valence-electron chi connectivity index (χ0n) is 20.4. The smallest absolute Gasteiger partial charge is 0.265 e. The number of hydrogen-bond acceptors (Lipinski definition) is 7. The maximum atomic E-state index is 11.2. The summed E-state index contributed by atoms with van der Waals surface area (Å²) in [5.74, 6) is 3.48. The quantitative estimate of drug-likeness (QED) is 0.478. The van der Waals surface area contributed by atoms with Crippen molar-refractivity contribution in [1.82, 2.24) is 24.7 Å². The molecule has 9 nitrogen and oxygen atoms in total. The fraction of sp³-hybridized carbons (Fsp3) is 0.480. The third kappa shape index (κ3) is 5.52. The second-order valence-electron chi connectivity index (χ2n) is 9.50. The first-order chi connectivity index (χ1) is 16.3. The molecule has 1 amide bonds. The molecule has 3 aromatic rings. The van der Waals surface area contributed by atoms with Crippen molar-refractivity contribution in [3.63, 3.8) is 0 Å². The fourth-order valence-electron chi connectivity index (χ4n) is 4.71. The van der Waals surface area contributed by atoms with E-state index in [1.807, 2.05) is 23.7 Å². The molecule has 4 rings (SSSR count). The lowest BCUT2D eigenvalue weighted by molar-refractivity contribution is -0.114. The number of amides is 1. The first-order valence-corrected chi connectivity index (χ1v) is 11.7. The lowest BCUT2D eigenvalue weighted by Gasteiger charge is -2.37. The Labute approximate surface area is 200 Å². The number of pyridine rings is 1. The largest absolute Gasteiger partial charge is 0.419 e. The molecule has 2 N–H and O–H groups in total. The van der Waals surface area contributed by atoms with Gasteiger partial charge in [-0.05, 0) is 49.1 Å². The molecule has 3 aromatic heterocycles. The lowest BCUT2D eigenvalue weighted by atomic mass is 9.70. The summed E-state index contributed by atoms with van der Waals surface area (Å²) in [6, 6.07) is 3.76. The molecule has 0 radical (unpaired) electrons. The molecule has 0 aromatic carbocycles. The van der Waals surface area contributed by atoms with Gasteiger partial charge in [0.15, 0.2) is 0 Å². The highest BCUT2D eigenvalue weighted by Crippen LogP contribution is 2.39. The SMILES string of the molecule is CC(=O)Nc1ccc(NC[C@@H]2C=C(C)[C@H](Cc3nnc(-c4cncn4C)o3)C[C@H]2C(C)C)cn1. The van der Waals surface area contributed by atoms with Gasteiger partial charge in [-0.2, -0.15) is 0 Å². The van der Waals surface area contributed by atoms with E-state index < -0.39 is 0 Å². The molecule has 9 heteroatoms. The molecular formula is C25H33N7O2. The molecule has 0 saturated heterocycles. The van der Waals surface area contributed by atoms with E-state index in [-0.39, 0.29) is 5.91 Å². The molecule has 0 unspecified atom stereocenters.